The molecule has 2 rings (SSSR count). The Kier molecular flexibility index (Phi) is 4.07. The molecule has 6 nitrogen and oxygen atoms in total. The predicted octanol–water partition coefficient (Wildman–Crippen LogP) is 1.96. The zero-order valence-electron chi connectivity index (χ0n) is 12.2. The van der Waals surface area contributed by atoms with Crippen LogP contribution in [0.4, 0.5) is 0 Å². The SMILES string of the molecule is Cc1ccc(CNC(=O)c2c(C)[nH]c(C(=O)O)c2C)cn1. The highest BCUT2D eigenvalue weighted by Crippen LogP contribution is 2.18. The lowest BCUT2D eigenvalue weighted by molar-refractivity contribution is 0.0690. The summed E-state index contributed by atoms with van der Waals surface area (Å²) in [5.41, 5.74) is 3.22. The summed E-state index contributed by atoms with van der Waals surface area (Å²) in [6.07, 6.45) is 1.70. The van der Waals surface area contributed by atoms with Crippen molar-refractivity contribution in [1.29, 1.82) is 0 Å². The summed E-state index contributed by atoms with van der Waals surface area (Å²) in [6, 6.07) is 3.76. The Bertz CT molecular complexity index is 687. The maximum Gasteiger partial charge on any atom is 0.352 e. The van der Waals surface area contributed by atoms with Gasteiger partial charge in [-0.25, -0.2) is 4.79 Å². The van der Waals surface area contributed by atoms with E-state index in [0.717, 1.165) is 11.3 Å². The van der Waals surface area contributed by atoms with Crippen LogP contribution in [0.1, 0.15) is 43.4 Å². The van der Waals surface area contributed by atoms with Gasteiger partial charge >= 0.3 is 5.97 Å². The van der Waals surface area contributed by atoms with Gasteiger partial charge < -0.3 is 15.4 Å². The molecule has 21 heavy (non-hydrogen) atoms. The van der Waals surface area contributed by atoms with E-state index in [-0.39, 0.29) is 11.6 Å². The molecule has 0 aliphatic heterocycles. The molecule has 0 atom stereocenters. The van der Waals surface area contributed by atoms with Gasteiger partial charge in [-0.15, -0.1) is 0 Å². The Balaban J connectivity index is 2.14. The first-order valence-electron chi connectivity index (χ1n) is 6.52. The number of aromatic nitrogens is 2. The second kappa shape index (κ2) is 5.78. The lowest BCUT2D eigenvalue weighted by atomic mass is 10.1. The third-order valence-corrected chi connectivity index (χ3v) is 3.30. The maximum atomic E-state index is 12.2. The van der Waals surface area contributed by atoms with Crippen molar-refractivity contribution in [2.75, 3.05) is 0 Å². The van der Waals surface area contributed by atoms with Crippen LogP contribution < -0.4 is 5.32 Å². The molecule has 0 aliphatic carbocycles. The van der Waals surface area contributed by atoms with E-state index in [0.29, 0.717) is 23.4 Å². The third kappa shape index (κ3) is 3.10. The molecule has 0 aromatic carbocycles. The molecule has 0 saturated heterocycles. The second-order valence-electron chi connectivity index (χ2n) is 4.92. The fourth-order valence-electron chi connectivity index (χ4n) is 2.18. The van der Waals surface area contributed by atoms with E-state index >= 15 is 0 Å². The van der Waals surface area contributed by atoms with Gasteiger partial charge in [-0.05, 0) is 38.0 Å². The van der Waals surface area contributed by atoms with Crippen LogP contribution in [-0.4, -0.2) is 27.0 Å². The van der Waals surface area contributed by atoms with Crippen LogP contribution in [0.2, 0.25) is 0 Å². The lowest BCUT2D eigenvalue weighted by Crippen LogP contribution is -2.24. The Morgan fingerprint density at radius 1 is 1.29 bits per heavy atom. The topological polar surface area (TPSA) is 95.1 Å². The van der Waals surface area contributed by atoms with Gasteiger partial charge in [0.25, 0.3) is 5.91 Å². The largest absolute Gasteiger partial charge is 0.477 e. The molecule has 2 aromatic heterocycles. The van der Waals surface area contributed by atoms with Gasteiger partial charge in [0, 0.05) is 24.1 Å². The molecular weight excluding hydrogens is 270 g/mol. The standard InChI is InChI=1S/C15H17N3O3/c1-8-4-5-11(6-16-8)7-17-14(19)12-9(2)13(15(20)21)18-10(12)3/h4-6,18H,7H2,1-3H3,(H,17,19)(H,20,21). The zero-order chi connectivity index (χ0) is 15.6. The summed E-state index contributed by atoms with van der Waals surface area (Å²) in [5.74, 6) is -1.37. The Labute approximate surface area is 122 Å². The first-order chi connectivity index (χ1) is 9.90. The number of carboxylic acid groups (broad SMARTS) is 1. The third-order valence-electron chi connectivity index (χ3n) is 3.30. The molecule has 6 heteroatoms. The van der Waals surface area contributed by atoms with Crippen molar-refractivity contribution >= 4 is 11.9 Å². The van der Waals surface area contributed by atoms with Gasteiger partial charge in [0.2, 0.25) is 0 Å². The molecule has 0 unspecified atom stereocenters. The van der Waals surface area contributed by atoms with Crippen molar-refractivity contribution in [3.8, 4) is 0 Å². The average Bonchev–Trinajstić information content (AvgIpc) is 2.73. The van der Waals surface area contributed by atoms with Gasteiger partial charge in [0.05, 0.1) is 5.56 Å². The molecule has 2 aromatic rings. The number of hydrogen-bond donors (Lipinski definition) is 3. The van der Waals surface area contributed by atoms with E-state index in [1.807, 2.05) is 19.1 Å². The zero-order valence-corrected chi connectivity index (χ0v) is 12.2. The maximum absolute atomic E-state index is 12.2. The number of aromatic carboxylic acids is 1. The highest BCUT2D eigenvalue weighted by Gasteiger charge is 2.21. The molecule has 2 heterocycles. The molecule has 110 valence electrons. The number of hydrogen-bond acceptors (Lipinski definition) is 3. The smallest absolute Gasteiger partial charge is 0.352 e. The van der Waals surface area contributed by atoms with Crippen LogP contribution in [0, 0.1) is 20.8 Å². The fraction of sp³-hybridized carbons (Fsp3) is 0.267. The highest BCUT2D eigenvalue weighted by atomic mass is 16.4. The molecule has 0 saturated carbocycles. The fourth-order valence-corrected chi connectivity index (χ4v) is 2.18. The molecule has 0 spiro atoms. The number of carbonyl (C=O) groups excluding carboxylic acids is 1. The van der Waals surface area contributed by atoms with Gasteiger partial charge in [-0.3, -0.25) is 9.78 Å². The summed E-state index contributed by atoms with van der Waals surface area (Å²) in [7, 11) is 0. The van der Waals surface area contributed by atoms with Crippen LogP contribution in [0.3, 0.4) is 0 Å². The number of carboxylic acids is 1. The number of nitrogens with zero attached hydrogens (tertiary/aromatic N) is 1. The first kappa shape index (κ1) is 14.8. The van der Waals surface area contributed by atoms with E-state index in [1.165, 1.54) is 0 Å². The molecular formula is C15H17N3O3. The van der Waals surface area contributed by atoms with Gasteiger partial charge in [-0.2, -0.15) is 0 Å². The molecule has 0 fully saturated rings. The molecule has 0 radical (unpaired) electrons. The summed E-state index contributed by atoms with van der Waals surface area (Å²) >= 11 is 0. The quantitative estimate of drug-likeness (QED) is 0.801. The average molecular weight is 287 g/mol. The first-order valence-corrected chi connectivity index (χ1v) is 6.52. The van der Waals surface area contributed by atoms with Crippen molar-refractivity contribution in [3.05, 3.63) is 52.1 Å². The number of carbonyl (C=O) groups is 2. The monoisotopic (exact) mass is 287 g/mol. The molecule has 1 amide bonds. The highest BCUT2D eigenvalue weighted by molar-refractivity contribution is 6.00. The summed E-state index contributed by atoms with van der Waals surface area (Å²) in [4.78, 5) is 30.2. The predicted molar refractivity (Wildman–Crippen MR) is 77.4 cm³/mol. The Hall–Kier alpha value is -2.63. The molecule has 3 N–H and O–H groups in total. The number of rotatable bonds is 4. The Morgan fingerprint density at radius 3 is 2.52 bits per heavy atom. The van der Waals surface area contributed by atoms with Crippen molar-refractivity contribution in [1.82, 2.24) is 15.3 Å². The summed E-state index contributed by atoms with van der Waals surface area (Å²) in [5, 5.41) is 11.8. The van der Waals surface area contributed by atoms with Crippen molar-refractivity contribution in [2.45, 2.75) is 27.3 Å². The van der Waals surface area contributed by atoms with Crippen LogP contribution in [0.15, 0.2) is 18.3 Å². The number of H-pyrrole nitrogens is 1. The molecule has 0 bridgehead atoms. The van der Waals surface area contributed by atoms with Crippen LogP contribution in [-0.2, 0) is 6.54 Å². The van der Waals surface area contributed by atoms with Gasteiger partial charge in [-0.1, -0.05) is 6.07 Å². The van der Waals surface area contributed by atoms with E-state index in [4.69, 9.17) is 5.11 Å². The Morgan fingerprint density at radius 2 is 2.00 bits per heavy atom. The lowest BCUT2D eigenvalue weighted by Gasteiger charge is -2.06. The number of aromatic amines is 1. The number of nitrogens with one attached hydrogen (secondary N) is 2. The van der Waals surface area contributed by atoms with Crippen molar-refractivity contribution < 1.29 is 14.7 Å². The van der Waals surface area contributed by atoms with Gasteiger partial charge in [0.15, 0.2) is 0 Å². The van der Waals surface area contributed by atoms with Crippen LogP contribution in [0.25, 0.3) is 0 Å². The normalized spacial score (nSPS) is 10.4. The van der Waals surface area contributed by atoms with E-state index in [2.05, 4.69) is 15.3 Å². The minimum Gasteiger partial charge on any atom is -0.477 e. The van der Waals surface area contributed by atoms with Crippen LogP contribution in [0.5, 0.6) is 0 Å². The summed E-state index contributed by atoms with van der Waals surface area (Å²) in [6.45, 7) is 5.54. The number of aryl methyl sites for hydroxylation is 2. The number of pyridine rings is 1. The minimum atomic E-state index is -1.07. The van der Waals surface area contributed by atoms with Crippen molar-refractivity contribution in [2.24, 2.45) is 0 Å². The van der Waals surface area contributed by atoms with E-state index in [1.54, 1.807) is 20.0 Å². The van der Waals surface area contributed by atoms with Crippen molar-refractivity contribution in [3.63, 3.8) is 0 Å². The van der Waals surface area contributed by atoms with Gasteiger partial charge in [0.1, 0.15) is 5.69 Å². The van der Waals surface area contributed by atoms with E-state index < -0.39 is 5.97 Å². The molecule has 0 aliphatic rings. The van der Waals surface area contributed by atoms with E-state index in [9.17, 15) is 9.59 Å². The minimum absolute atomic E-state index is 0.0506. The summed E-state index contributed by atoms with van der Waals surface area (Å²) < 4.78 is 0. The number of amides is 1. The second-order valence-corrected chi connectivity index (χ2v) is 4.92. The van der Waals surface area contributed by atoms with Crippen LogP contribution >= 0.6 is 0 Å².